The summed E-state index contributed by atoms with van der Waals surface area (Å²) in [4.78, 5) is 12.1. The molecule has 0 amide bonds. The van der Waals surface area contributed by atoms with Gasteiger partial charge in [-0.25, -0.2) is 9.98 Å². The van der Waals surface area contributed by atoms with Gasteiger partial charge < -0.3 is 9.64 Å². The molecule has 2 unspecified atom stereocenters. The molecule has 8 rings (SSSR count). The maximum Gasteiger partial charge on any atom is 0.299 e. The summed E-state index contributed by atoms with van der Waals surface area (Å²) < 4.78 is 37.8. The Morgan fingerprint density at radius 1 is 0.712 bits per heavy atom. The first kappa shape index (κ1) is 32.9. The Balaban J connectivity index is 1.13. The van der Waals surface area contributed by atoms with Gasteiger partial charge in [-0.3, -0.25) is 11.1 Å². The summed E-state index contributed by atoms with van der Waals surface area (Å²) in [5, 5.41) is 8.57. The number of alkyl halides is 2. The van der Waals surface area contributed by atoms with Crippen LogP contribution in [0.5, 0.6) is 0 Å². The van der Waals surface area contributed by atoms with Crippen LogP contribution in [0, 0.1) is 5.41 Å². The summed E-state index contributed by atoms with van der Waals surface area (Å²) in [6.45, 7) is 1.71. The van der Waals surface area contributed by atoms with Crippen LogP contribution in [-0.2, 0) is 16.4 Å². The van der Waals surface area contributed by atoms with Crippen molar-refractivity contribution in [2.75, 3.05) is 7.05 Å². The first-order chi connectivity index (χ1) is 25.1. The molecule has 0 radical (unpaired) electrons. The van der Waals surface area contributed by atoms with Crippen LogP contribution >= 0.6 is 0 Å². The number of amidine groups is 2. The van der Waals surface area contributed by atoms with E-state index in [2.05, 4.69) is 0 Å². The van der Waals surface area contributed by atoms with Crippen molar-refractivity contribution in [3.05, 3.63) is 191 Å². The number of hydrogen-bond acceptors (Lipinski definition) is 6. The molecule has 256 valence electrons. The second kappa shape index (κ2) is 12.8. The Labute approximate surface area is 301 Å². The maximum absolute atomic E-state index is 15.9. The molecule has 1 heterocycles. The SMILES string of the molecule is CN1C(c2ccccc2)=NC(c2ccc3c(c2)-c2cc(-c4ccc(C(=N)OC(C)(N)c5ccccc5)cc4)ccc2C3(F)F)=NC1c1ccccc1. The third-order valence-corrected chi connectivity index (χ3v) is 9.69. The number of nitrogens with one attached hydrogen (secondary N) is 1. The molecule has 0 saturated heterocycles. The minimum absolute atomic E-state index is 0.0423. The zero-order valence-corrected chi connectivity index (χ0v) is 28.6. The lowest BCUT2D eigenvalue weighted by atomic mass is 9.97. The van der Waals surface area contributed by atoms with Crippen molar-refractivity contribution in [1.82, 2.24) is 4.90 Å². The summed E-state index contributed by atoms with van der Waals surface area (Å²) in [6, 6.07) is 46.5. The Morgan fingerprint density at radius 3 is 1.88 bits per heavy atom. The average Bonchev–Trinajstić information content (AvgIpc) is 3.40. The van der Waals surface area contributed by atoms with Crippen LogP contribution < -0.4 is 5.73 Å². The molecule has 0 fully saturated rings. The van der Waals surface area contributed by atoms with Crippen molar-refractivity contribution in [2.24, 2.45) is 15.7 Å². The zero-order valence-electron chi connectivity index (χ0n) is 28.6. The number of aliphatic imine (C=N–C) groups is 2. The quantitative estimate of drug-likeness (QED) is 0.0996. The molecule has 52 heavy (non-hydrogen) atoms. The van der Waals surface area contributed by atoms with Crippen molar-refractivity contribution in [3.63, 3.8) is 0 Å². The molecular formula is C44H35F2N5O. The molecule has 6 aromatic rings. The number of hydrogen-bond donors (Lipinski definition) is 2. The molecule has 0 saturated carbocycles. The van der Waals surface area contributed by atoms with Gasteiger partial charge in [0.2, 0.25) is 5.90 Å². The summed E-state index contributed by atoms with van der Waals surface area (Å²) in [5.41, 5.74) is 11.5. The van der Waals surface area contributed by atoms with Crippen molar-refractivity contribution in [2.45, 2.75) is 24.7 Å². The van der Waals surface area contributed by atoms with Gasteiger partial charge in [0.25, 0.3) is 5.92 Å². The molecule has 0 aromatic heterocycles. The van der Waals surface area contributed by atoms with Gasteiger partial charge in [-0.1, -0.05) is 127 Å². The first-order valence-corrected chi connectivity index (χ1v) is 17.0. The molecule has 0 bridgehead atoms. The molecule has 8 heteroatoms. The topological polar surface area (TPSA) is 87.1 Å². The number of nitrogens with zero attached hydrogens (tertiary/aromatic N) is 3. The lowest BCUT2D eigenvalue weighted by Gasteiger charge is -2.32. The normalized spacial score (nSPS) is 16.9. The largest absolute Gasteiger partial charge is 0.452 e. The van der Waals surface area contributed by atoms with Crippen molar-refractivity contribution < 1.29 is 13.5 Å². The van der Waals surface area contributed by atoms with Crippen molar-refractivity contribution in [3.8, 4) is 22.3 Å². The second-order valence-corrected chi connectivity index (χ2v) is 13.2. The Kier molecular flexibility index (Phi) is 8.12. The minimum atomic E-state index is -3.16. The van der Waals surface area contributed by atoms with Crippen LogP contribution in [-0.4, -0.2) is 29.5 Å². The number of rotatable bonds is 7. The zero-order chi connectivity index (χ0) is 36.0. The highest BCUT2D eigenvalue weighted by Crippen LogP contribution is 2.52. The van der Waals surface area contributed by atoms with Gasteiger partial charge in [0.05, 0.1) is 0 Å². The van der Waals surface area contributed by atoms with Crippen LogP contribution in [0.15, 0.2) is 162 Å². The van der Waals surface area contributed by atoms with Gasteiger partial charge in [0.1, 0.15) is 12.0 Å². The van der Waals surface area contributed by atoms with E-state index in [1.54, 1.807) is 37.3 Å². The van der Waals surface area contributed by atoms with Gasteiger partial charge in [0, 0.05) is 40.4 Å². The molecule has 2 aliphatic rings. The predicted molar refractivity (Wildman–Crippen MR) is 203 cm³/mol. The first-order valence-electron chi connectivity index (χ1n) is 17.0. The number of halogens is 2. The second-order valence-electron chi connectivity index (χ2n) is 13.2. The van der Waals surface area contributed by atoms with Gasteiger partial charge in [-0.05, 0) is 59.0 Å². The van der Waals surface area contributed by atoms with Gasteiger partial charge in [0.15, 0.2) is 11.6 Å². The standard InChI is InChI=1S/C44H35F2N5O/c1-43(48,34-16-10-5-11-17-34)52-39(47)29-20-18-28(19-21-29)32-22-24-37-35(26-32)36-27-33(23-25-38(36)44(37,45)46)40-49-41(30-12-6-3-7-13-30)51(2)42(50-40)31-14-8-4-9-15-31/h3-27,41,47H,48H2,1-2H3. The lowest BCUT2D eigenvalue weighted by molar-refractivity contribution is 0.0480. The lowest BCUT2D eigenvalue weighted by Crippen LogP contribution is -2.38. The number of benzene rings is 6. The van der Waals surface area contributed by atoms with Gasteiger partial charge >= 0.3 is 0 Å². The van der Waals surface area contributed by atoms with Crippen LogP contribution in [0.3, 0.4) is 0 Å². The van der Waals surface area contributed by atoms with E-state index in [-0.39, 0.29) is 23.2 Å². The summed E-state index contributed by atoms with van der Waals surface area (Å²) in [6.07, 6.45) is -0.357. The number of ether oxygens (including phenoxy) is 1. The molecular weight excluding hydrogens is 653 g/mol. The maximum atomic E-state index is 15.9. The smallest absolute Gasteiger partial charge is 0.299 e. The molecule has 0 spiro atoms. The molecule has 1 aliphatic heterocycles. The Bertz CT molecular complexity index is 2360. The highest BCUT2D eigenvalue weighted by Gasteiger charge is 2.44. The van der Waals surface area contributed by atoms with Gasteiger partial charge in [-0.2, -0.15) is 8.78 Å². The fourth-order valence-electron chi connectivity index (χ4n) is 6.90. The monoisotopic (exact) mass is 687 g/mol. The predicted octanol–water partition coefficient (Wildman–Crippen LogP) is 9.49. The van der Waals surface area contributed by atoms with Crippen LogP contribution in [0.2, 0.25) is 0 Å². The molecule has 2 atom stereocenters. The molecule has 6 aromatic carbocycles. The highest BCUT2D eigenvalue weighted by atomic mass is 19.3. The van der Waals surface area contributed by atoms with E-state index < -0.39 is 11.6 Å². The highest BCUT2D eigenvalue weighted by molar-refractivity contribution is 6.13. The Hall–Kier alpha value is -6.25. The summed E-state index contributed by atoms with van der Waals surface area (Å²) in [7, 11) is 1.97. The van der Waals surface area contributed by atoms with Crippen molar-refractivity contribution in [1.29, 1.82) is 5.41 Å². The van der Waals surface area contributed by atoms with E-state index in [0.717, 1.165) is 33.7 Å². The van der Waals surface area contributed by atoms with Crippen molar-refractivity contribution >= 4 is 17.6 Å². The van der Waals surface area contributed by atoms with Crippen LogP contribution in [0.1, 0.15) is 52.0 Å². The minimum Gasteiger partial charge on any atom is -0.452 e. The van der Waals surface area contributed by atoms with E-state index >= 15 is 8.78 Å². The molecule has 3 N–H and O–H groups in total. The van der Waals surface area contributed by atoms with Crippen LogP contribution in [0.4, 0.5) is 8.78 Å². The van der Waals surface area contributed by atoms with E-state index in [4.69, 9.17) is 25.9 Å². The fourth-order valence-corrected chi connectivity index (χ4v) is 6.90. The summed E-state index contributed by atoms with van der Waals surface area (Å²) >= 11 is 0. The number of fused-ring (bicyclic) bond motifs is 3. The Morgan fingerprint density at radius 2 is 1.25 bits per heavy atom. The van der Waals surface area contributed by atoms with E-state index in [0.29, 0.717) is 28.1 Å². The average molecular weight is 688 g/mol. The van der Waals surface area contributed by atoms with Crippen LogP contribution in [0.25, 0.3) is 22.3 Å². The third-order valence-electron chi connectivity index (χ3n) is 9.69. The molecule has 1 aliphatic carbocycles. The molecule has 6 nitrogen and oxygen atoms in total. The van der Waals surface area contributed by atoms with E-state index in [1.807, 2.05) is 121 Å². The van der Waals surface area contributed by atoms with E-state index in [9.17, 15) is 0 Å². The van der Waals surface area contributed by atoms with E-state index in [1.165, 1.54) is 12.1 Å². The van der Waals surface area contributed by atoms with Gasteiger partial charge in [-0.15, -0.1) is 0 Å². The number of nitrogens with two attached hydrogens (primary N) is 1. The summed E-state index contributed by atoms with van der Waals surface area (Å²) in [5.74, 6) is -2.01. The fraction of sp³-hybridized carbons (Fsp3) is 0.114. The third kappa shape index (κ3) is 5.87.